The van der Waals surface area contributed by atoms with Gasteiger partial charge in [0.25, 0.3) is 0 Å². The number of nitrogens with zero attached hydrogens (tertiary/aromatic N) is 2. The van der Waals surface area contributed by atoms with E-state index in [9.17, 15) is 9.59 Å². The van der Waals surface area contributed by atoms with Crippen LogP contribution in [0.2, 0.25) is 0 Å². The molecule has 92 valence electrons. The summed E-state index contributed by atoms with van der Waals surface area (Å²) in [5.74, 6) is -0.0241. The first-order valence-corrected chi connectivity index (χ1v) is 6.48. The first kappa shape index (κ1) is 12.0. The Hall–Kier alpha value is -1.43. The standard InChI is InChI=1S/C11H15N3O2S/c1-7(2)10-11(16)12-3-9(15)14(10)4-8-5-17-6-13-8/h5-7,10H,3-4H2,1-2H3,(H,12,16). The fourth-order valence-corrected chi connectivity index (χ4v) is 2.55. The van der Waals surface area contributed by atoms with Crippen molar-refractivity contribution in [2.75, 3.05) is 6.54 Å². The average molecular weight is 253 g/mol. The van der Waals surface area contributed by atoms with Crippen LogP contribution in [0.4, 0.5) is 0 Å². The molecular formula is C11H15N3O2S. The molecule has 0 spiro atoms. The maximum Gasteiger partial charge on any atom is 0.243 e. The molecule has 1 aromatic heterocycles. The van der Waals surface area contributed by atoms with Gasteiger partial charge in [-0.1, -0.05) is 13.8 Å². The van der Waals surface area contributed by atoms with Crippen LogP contribution in [0.5, 0.6) is 0 Å². The Balaban J connectivity index is 2.20. The summed E-state index contributed by atoms with van der Waals surface area (Å²) in [6.45, 7) is 4.39. The maximum absolute atomic E-state index is 11.9. The predicted molar refractivity (Wildman–Crippen MR) is 64.3 cm³/mol. The normalized spacial score (nSPS) is 20.9. The number of amides is 2. The summed E-state index contributed by atoms with van der Waals surface area (Å²) < 4.78 is 0. The number of carbonyl (C=O) groups is 2. The smallest absolute Gasteiger partial charge is 0.243 e. The topological polar surface area (TPSA) is 62.3 Å². The van der Waals surface area contributed by atoms with Crippen LogP contribution in [0.1, 0.15) is 19.5 Å². The molecule has 1 aliphatic heterocycles. The van der Waals surface area contributed by atoms with Crippen molar-refractivity contribution in [3.63, 3.8) is 0 Å². The molecule has 1 atom stereocenters. The van der Waals surface area contributed by atoms with E-state index in [1.165, 1.54) is 11.3 Å². The first-order chi connectivity index (χ1) is 8.09. The van der Waals surface area contributed by atoms with Gasteiger partial charge in [-0.25, -0.2) is 4.98 Å². The van der Waals surface area contributed by atoms with Gasteiger partial charge in [-0.15, -0.1) is 11.3 Å². The molecule has 1 N–H and O–H groups in total. The molecule has 2 amide bonds. The zero-order valence-corrected chi connectivity index (χ0v) is 10.7. The third-order valence-corrected chi connectivity index (χ3v) is 3.42. The van der Waals surface area contributed by atoms with Gasteiger partial charge in [-0.05, 0) is 5.92 Å². The third kappa shape index (κ3) is 2.46. The number of hydrogen-bond donors (Lipinski definition) is 1. The van der Waals surface area contributed by atoms with Gasteiger partial charge in [-0.2, -0.15) is 0 Å². The molecule has 1 saturated heterocycles. The number of thiazole rings is 1. The quantitative estimate of drug-likeness (QED) is 0.859. The number of piperazine rings is 1. The van der Waals surface area contributed by atoms with Crippen LogP contribution in [-0.2, 0) is 16.1 Å². The second kappa shape index (κ2) is 4.83. The van der Waals surface area contributed by atoms with Crippen LogP contribution < -0.4 is 5.32 Å². The SMILES string of the molecule is CC(C)C1C(=O)NCC(=O)N1Cc1cscn1. The van der Waals surface area contributed by atoms with Crippen LogP contribution in [-0.4, -0.2) is 34.3 Å². The molecule has 0 aromatic carbocycles. The molecule has 0 bridgehead atoms. The van der Waals surface area contributed by atoms with Gasteiger partial charge < -0.3 is 10.2 Å². The average Bonchev–Trinajstić information content (AvgIpc) is 2.76. The van der Waals surface area contributed by atoms with Gasteiger partial charge in [0.1, 0.15) is 6.04 Å². The zero-order valence-electron chi connectivity index (χ0n) is 9.84. The van der Waals surface area contributed by atoms with E-state index in [1.54, 1.807) is 10.4 Å². The molecule has 0 saturated carbocycles. The summed E-state index contributed by atoms with van der Waals surface area (Å²) in [6.07, 6.45) is 0. The van der Waals surface area contributed by atoms with E-state index >= 15 is 0 Å². The molecule has 5 nitrogen and oxygen atoms in total. The van der Waals surface area contributed by atoms with E-state index in [0.29, 0.717) is 6.54 Å². The lowest BCUT2D eigenvalue weighted by atomic mass is 9.99. The van der Waals surface area contributed by atoms with Crippen LogP contribution in [0, 0.1) is 5.92 Å². The van der Waals surface area contributed by atoms with E-state index < -0.39 is 6.04 Å². The minimum Gasteiger partial charge on any atom is -0.345 e. The van der Waals surface area contributed by atoms with Crippen molar-refractivity contribution < 1.29 is 9.59 Å². The van der Waals surface area contributed by atoms with Crippen molar-refractivity contribution in [2.24, 2.45) is 5.92 Å². The van der Waals surface area contributed by atoms with E-state index in [-0.39, 0.29) is 24.3 Å². The highest BCUT2D eigenvalue weighted by atomic mass is 32.1. The van der Waals surface area contributed by atoms with Gasteiger partial charge in [0.15, 0.2) is 0 Å². The Morgan fingerprint density at radius 1 is 1.59 bits per heavy atom. The van der Waals surface area contributed by atoms with Crippen LogP contribution in [0.25, 0.3) is 0 Å². The fraction of sp³-hybridized carbons (Fsp3) is 0.545. The number of carbonyl (C=O) groups excluding carboxylic acids is 2. The minimum absolute atomic E-state index is 0.0451. The number of hydrogen-bond acceptors (Lipinski definition) is 4. The molecule has 0 radical (unpaired) electrons. The lowest BCUT2D eigenvalue weighted by Crippen LogP contribution is -2.59. The van der Waals surface area contributed by atoms with Crippen molar-refractivity contribution in [3.8, 4) is 0 Å². The van der Waals surface area contributed by atoms with Gasteiger partial charge in [-0.3, -0.25) is 9.59 Å². The van der Waals surface area contributed by atoms with Crippen molar-refractivity contribution in [1.82, 2.24) is 15.2 Å². The lowest BCUT2D eigenvalue weighted by Gasteiger charge is -2.36. The second-order valence-corrected chi connectivity index (χ2v) is 5.13. The van der Waals surface area contributed by atoms with Gasteiger partial charge in [0, 0.05) is 5.38 Å². The van der Waals surface area contributed by atoms with E-state index in [1.807, 2.05) is 19.2 Å². The molecule has 2 rings (SSSR count). The summed E-state index contributed by atoms with van der Waals surface area (Å²) in [4.78, 5) is 29.4. The van der Waals surface area contributed by atoms with Gasteiger partial charge in [0.05, 0.1) is 24.3 Å². The van der Waals surface area contributed by atoms with Crippen LogP contribution in [0.3, 0.4) is 0 Å². The minimum atomic E-state index is -0.391. The molecule has 1 unspecified atom stereocenters. The number of rotatable bonds is 3. The summed E-state index contributed by atoms with van der Waals surface area (Å²) in [5.41, 5.74) is 2.57. The Labute approximate surface area is 104 Å². The second-order valence-electron chi connectivity index (χ2n) is 4.41. The summed E-state index contributed by atoms with van der Waals surface area (Å²) >= 11 is 1.49. The highest BCUT2D eigenvalue weighted by Gasteiger charge is 2.36. The molecular weight excluding hydrogens is 238 g/mol. The van der Waals surface area contributed by atoms with Gasteiger partial charge in [0.2, 0.25) is 11.8 Å². The highest BCUT2D eigenvalue weighted by Crippen LogP contribution is 2.18. The largest absolute Gasteiger partial charge is 0.345 e. The zero-order chi connectivity index (χ0) is 12.4. The molecule has 0 aliphatic carbocycles. The van der Waals surface area contributed by atoms with E-state index in [0.717, 1.165) is 5.69 Å². The third-order valence-electron chi connectivity index (χ3n) is 2.79. The Kier molecular flexibility index (Phi) is 3.42. The Bertz CT molecular complexity index is 416. The lowest BCUT2D eigenvalue weighted by molar-refractivity contribution is -0.148. The molecule has 1 fully saturated rings. The monoisotopic (exact) mass is 253 g/mol. The summed E-state index contributed by atoms with van der Waals surface area (Å²) in [5, 5.41) is 4.52. The molecule has 1 aliphatic rings. The van der Waals surface area contributed by atoms with Gasteiger partial charge >= 0.3 is 0 Å². The predicted octanol–water partition coefficient (Wildman–Crippen LogP) is 0.626. The maximum atomic E-state index is 11.9. The molecule has 6 heteroatoms. The Morgan fingerprint density at radius 3 is 2.94 bits per heavy atom. The van der Waals surface area contributed by atoms with Crippen molar-refractivity contribution in [2.45, 2.75) is 26.4 Å². The molecule has 2 heterocycles. The van der Waals surface area contributed by atoms with Crippen molar-refractivity contribution in [1.29, 1.82) is 0 Å². The number of nitrogens with one attached hydrogen (secondary N) is 1. The fourth-order valence-electron chi connectivity index (χ4n) is 2.00. The van der Waals surface area contributed by atoms with Crippen molar-refractivity contribution >= 4 is 23.2 Å². The summed E-state index contributed by atoms with van der Waals surface area (Å²) in [6, 6.07) is -0.391. The first-order valence-electron chi connectivity index (χ1n) is 5.54. The van der Waals surface area contributed by atoms with Crippen LogP contribution in [0.15, 0.2) is 10.9 Å². The van der Waals surface area contributed by atoms with Crippen molar-refractivity contribution in [3.05, 3.63) is 16.6 Å². The Morgan fingerprint density at radius 2 is 2.35 bits per heavy atom. The molecule has 1 aromatic rings. The summed E-state index contributed by atoms with van der Waals surface area (Å²) in [7, 11) is 0. The number of aromatic nitrogens is 1. The van der Waals surface area contributed by atoms with Crippen LogP contribution >= 0.6 is 11.3 Å². The molecule has 17 heavy (non-hydrogen) atoms. The highest BCUT2D eigenvalue weighted by molar-refractivity contribution is 7.07. The van der Waals surface area contributed by atoms with E-state index in [4.69, 9.17) is 0 Å². The van der Waals surface area contributed by atoms with E-state index in [2.05, 4.69) is 10.3 Å².